The predicted octanol–water partition coefficient (Wildman–Crippen LogP) is 2.14. The summed E-state index contributed by atoms with van der Waals surface area (Å²) in [5.74, 6) is 1.26. The van der Waals surface area contributed by atoms with Gasteiger partial charge < -0.3 is 5.32 Å². The third kappa shape index (κ3) is 2.79. The molecule has 1 aromatic rings. The molecular formula is C13H21N3. The minimum Gasteiger partial charge on any atom is -0.316 e. The van der Waals surface area contributed by atoms with Crippen LogP contribution >= 0.6 is 0 Å². The molecule has 1 N–H and O–H groups in total. The second kappa shape index (κ2) is 5.39. The average Bonchev–Trinajstić information content (AvgIpc) is 2.30. The Balaban J connectivity index is 2.17. The molecule has 0 radical (unpaired) electrons. The highest BCUT2D eigenvalue weighted by Crippen LogP contribution is 2.25. The van der Waals surface area contributed by atoms with Gasteiger partial charge in [0.05, 0.1) is 5.69 Å². The zero-order chi connectivity index (χ0) is 11.4. The van der Waals surface area contributed by atoms with E-state index in [1.54, 1.807) is 6.33 Å². The number of hydrogen-bond acceptors (Lipinski definition) is 3. The minimum absolute atomic E-state index is 0.588. The van der Waals surface area contributed by atoms with Crippen LogP contribution in [0.1, 0.15) is 43.9 Å². The first-order valence-corrected chi connectivity index (χ1v) is 6.27. The van der Waals surface area contributed by atoms with Gasteiger partial charge in [-0.25, -0.2) is 9.97 Å². The van der Waals surface area contributed by atoms with E-state index in [0.29, 0.717) is 11.8 Å². The van der Waals surface area contributed by atoms with Gasteiger partial charge >= 0.3 is 0 Å². The molecule has 88 valence electrons. The summed E-state index contributed by atoms with van der Waals surface area (Å²) in [5.41, 5.74) is 2.61. The molecule has 2 heterocycles. The molecule has 1 fully saturated rings. The van der Waals surface area contributed by atoms with Gasteiger partial charge in [0.2, 0.25) is 0 Å². The van der Waals surface area contributed by atoms with Crippen LogP contribution in [-0.2, 0) is 6.42 Å². The highest BCUT2D eigenvalue weighted by atomic mass is 14.9. The van der Waals surface area contributed by atoms with Crippen molar-refractivity contribution in [3.8, 4) is 0 Å². The molecule has 3 nitrogen and oxygen atoms in total. The van der Waals surface area contributed by atoms with Crippen molar-refractivity contribution < 1.29 is 0 Å². The van der Waals surface area contributed by atoms with E-state index >= 15 is 0 Å². The number of nitrogens with one attached hydrogen (secondary N) is 1. The lowest BCUT2D eigenvalue weighted by molar-refractivity contribution is 0.449. The zero-order valence-corrected chi connectivity index (χ0v) is 10.2. The lowest BCUT2D eigenvalue weighted by Crippen LogP contribution is -2.29. The van der Waals surface area contributed by atoms with Gasteiger partial charge in [-0.15, -0.1) is 0 Å². The number of aromatic nitrogens is 2. The van der Waals surface area contributed by atoms with Crippen LogP contribution in [0.2, 0.25) is 0 Å². The van der Waals surface area contributed by atoms with Crippen LogP contribution < -0.4 is 5.32 Å². The Morgan fingerprint density at radius 2 is 2.38 bits per heavy atom. The van der Waals surface area contributed by atoms with E-state index in [4.69, 9.17) is 0 Å². The van der Waals surface area contributed by atoms with Gasteiger partial charge in [-0.05, 0) is 37.3 Å². The summed E-state index contributed by atoms with van der Waals surface area (Å²) >= 11 is 0. The summed E-state index contributed by atoms with van der Waals surface area (Å²) in [4.78, 5) is 8.67. The number of piperidine rings is 1. The first-order valence-electron chi connectivity index (χ1n) is 6.27. The Morgan fingerprint density at radius 1 is 1.50 bits per heavy atom. The number of nitrogens with zero attached hydrogens (tertiary/aromatic N) is 2. The topological polar surface area (TPSA) is 37.8 Å². The number of rotatable bonds is 3. The fourth-order valence-corrected chi connectivity index (χ4v) is 2.42. The van der Waals surface area contributed by atoms with E-state index in [-0.39, 0.29) is 0 Å². The molecule has 1 aliphatic heterocycles. The molecule has 1 aliphatic rings. The van der Waals surface area contributed by atoms with Gasteiger partial charge in [0, 0.05) is 18.7 Å². The lowest BCUT2D eigenvalue weighted by Gasteiger charge is -2.24. The van der Waals surface area contributed by atoms with Crippen LogP contribution in [-0.4, -0.2) is 23.1 Å². The maximum absolute atomic E-state index is 4.50. The largest absolute Gasteiger partial charge is 0.316 e. The monoisotopic (exact) mass is 219 g/mol. The van der Waals surface area contributed by atoms with E-state index in [1.165, 1.54) is 24.1 Å². The molecule has 0 bridgehead atoms. The van der Waals surface area contributed by atoms with Gasteiger partial charge in [-0.2, -0.15) is 0 Å². The van der Waals surface area contributed by atoms with Crippen LogP contribution in [0.25, 0.3) is 0 Å². The van der Waals surface area contributed by atoms with E-state index in [2.05, 4.69) is 29.1 Å². The van der Waals surface area contributed by atoms with Crippen molar-refractivity contribution in [3.63, 3.8) is 0 Å². The molecule has 1 saturated heterocycles. The van der Waals surface area contributed by atoms with E-state index < -0.39 is 0 Å². The van der Waals surface area contributed by atoms with Crippen molar-refractivity contribution >= 4 is 0 Å². The summed E-state index contributed by atoms with van der Waals surface area (Å²) in [5, 5.41) is 3.45. The van der Waals surface area contributed by atoms with Crippen LogP contribution in [0.3, 0.4) is 0 Å². The molecule has 2 rings (SSSR count). The molecule has 0 aromatic carbocycles. The van der Waals surface area contributed by atoms with Crippen molar-refractivity contribution in [2.45, 2.75) is 39.0 Å². The Morgan fingerprint density at radius 3 is 3.06 bits per heavy atom. The van der Waals surface area contributed by atoms with Gasteiger partial charge in [0.15, 0.2) is 0 Å². The van der Waals surface area contributed by atoms with Crippen molar-refractivity contribution in [2.75, 3.05) is 13.1 Å². The highest BCUT2D eigenvalue weighted by molar-refractivity contribution is 5.21. The van der Waals surface area contributed by atoms with Crippen LogP contribution in [0.4, 0.5) is 0 Å². The van der Waals surface area contributed by atoms with Gasteiger partial charge in [0.25, 0.3) is 0 Å². The number of hydrogen-bond donors (Lipinski definition) is 1. The molecule has 0 saturated carbocycles. The Labute approximate surface area is 97.7 Å². The lowest BCUT2D eigenvalue weighted by atomic mass is 9.90. The van der Waals surface area contributed by atoms with E-state index in [0.717, 1.165) is 19.5 Å². The third-order valence-electron chi connectivity index (χ3n) is 3.13. The van der Waals surface area contributed by atoms with Crippen molar-refractivity contribution in [3.05, 3.63) is 23.8 Å². The Hall–Kier alpha value is -0.960. The summed E-state index contributed by atoms with van der Waals surface area (Å²) in [6.07, 6.45) is 7.29. The maximum atomic E-state index is 4.50. The van der Waals surface area contributed by atoms with Crippen LogP contribution in [0.5, 0.6) is 0 Å². The van der Waals surface area contributed by atoms with Crippen LogP contribution in [0, 0.1) is 5.92 Å². The summed E-state index contributed by atoms with van der Waals surface area (Å²) in [7, 11) is 0. The molecule has 1 atom stereocenters. The third-order valence-corrected chi connectivity index (χ3v) is 3.13. The van der Waals surface area contributed by atoms with Crippen molar-refractivity contribution in [1.82, 2.24) is 15.3 Å². The van der Waals surface area contributed by atoms with Crippen LogP contribution in [0.15, 0.2) is 12.5 Å². The minimum atomic E-state index is 0.588. The van der Waals surface area contributed by atoms with E-state index in [9.17, 15) is 0 Å². The quantitative estimate of drug-likeness (QED) is 0.846. The fourth-order valence-electron chi connectivity index (χ4n) is 2.42. The van der Waals surface area contributed by atoms with E-state index in [1.807, 2.05) is 6.20 Å². The summed E-state index contributed by atoms with van der Waals surface area (Å²) < 4.78 is 0. The molecule has 1 unspecified atom stereocenters. The predicted molar refractivity (Wildman–Crippen MR) is 65.4 cm³/mol. The fraction of sp³-hybridized carbons (Fsp3) is 0.692. The van der Waals surface area contributed by atoms with Gasteiger partial charge in [0.1, 0.15) is 6.33 Å². The standard InChI is InChI=1S/C13H21N3/c1-10(2)6-12-8-15-9-16-13(12)11-4-3-5-14-7-11/h8-11,14H,3-7H2,1-2H3. The molecule has 0 amide bonds. The molecular weight excluding hydrogens is 198 g/mol. The first-order chi connectivity index (χ1) is 7.77. The molecule has 3 heteroatoms. The SMILES string of the molecule is CC(C)Cc1cncnc1C1CCCNC1. The Bertz CT molecular complexity index is 330. The first kappa shape index (κ1) is 11.5. The summed E-state index contributed by atoms with van der Waals surface area (Å²) in [6, 6.07) is 0. The molecule has 0 aliphatic carbocycles. The second-order valence-corrected chi connectivity index (χ2v) is 5.07. The maximum Gasteiger partial charge on any atom is 0.115 e. The smallest absolute Gasteiger partial charge is 0.115 e. The highest BCUT2D eigenvalue weighted by Gasteiger charge is 2.19. The summed E-state index contributed by atoms with van der Waals surface area (Å²) in [6.45, 7) is 6.72. The zero-order valence-electron chi connectivity index (χ0n) is 10.2. The van der Waals surface area contributed by atoms with Crippen molar-refractivity contribution in [2.24, 2.45) is 5.92 Å². The second-order valence-electron chi connectivity index (χ2n) is 5.07. The van der Waals surface area contributed by atoms with Gasteiger partial charge in [-0.3, -0.25) is 0 Å². The average molecular weight is 219 g/mol. The van der Waals surface area contributed by atoms with Gasteiger partial charge in [-0.1, -0.05) is 13.8 Å². The molecule has 0 spiro atoms. The Kier molecular flexibility index (Phi) is 3.88. The molecule has 16 heavy (non-hydrogen) atoms. The normalized spacial score (nSPS) is 21.3. The molecule has 1 aromatic heterocycles. The van der Waals surface area contributed by atoms with Crippen molar-refractivity contribution in [1.29, 1.82) is 0 Å².